The molecule has 0 aliphatic carbocycles. The maximum absolute atomic E-state index is 13.4. The first-order valence-corrected chi connectivity index (χ1v) is 8.03. The van der Waals surface area contributed by atoms with Crippen molar-refractivity contribution in [2.45, 2.75) is 13.0 Å². The second-order valence-corrected chi connectivity index (χ2v) is 6.26. The number of benzene rings is 2. The van der Waals surface area contributed by atoms with E-state index in [2.05, 4.69) is 5.32 Å². The Hall–Kier alpha value is -2.40. The Morgan fingerprint density at radius 1 is 1.22 bits per heavy atom. The van der Waals surface area contributed by atoms with Crippen molar-refractivity contribution < 1.29 is 13.9 Å². The highest BCUT2D eigenvalue weighted by Gasteiger charge is 2.21. The number of methoxy groups -OCH3 is 1. The summed E-state index contributed by atoms with van der Waals surface area (Å²) in [6.45, 7) is 1.92. The van der Waals surface area contributed by atoms with Gasteiger partial charge in [-0.05, 0) is 30.7 Å². The van der Waals surface area contributed by atoms with Crippen LogP contribution in [0.1, 0.15) is 28.2 Å². The van der Waals surface area contributed by atoms with Gasteiger partial charge in [0.25, 0.3) is 5.91 Å². The lowest BCUT2D eigenvalue weighted by Gasteiger charge is -2.14. The molecule has 1 amide bonds. The van der Waals surface area contributed by atoms with Crippen LogP contribution in [0.3, 0.4) is 0 Å². The molecule has 1 N–H and O–H groups in total. The first-order chi connectivity index (χ1) is 11.1. The third kappa shape index (κ3) is 3.05. The Labute approximate surface area is 137 Å². The van der Waals surface area contributed by atoms with E-state index in [-0.39, 0.29) is 17.8 Å². The molecule has 2 aromatic carbocycles. The van der Waals surface area contributed by atoms with Crippen molar-refractivity contribution in [1.29, 1.82) is 0 Å². The Balaban J connectivity index is 1.92. The predicted octanol–water partition coefficient (Wildman–Crippen LogP) is 4.54. The van der Waals surface area contributed by atoms with E-state index >= 15 is 0 Å². The van der Waals surface area contributed by atoms with Crippen LogP contribution in [0.2, 0.25) is 0 Å². The molecule has 118 valence electrons. The van der Waals surface area contributed by atoms with Crippen LogP contribution in [0.15, 0.2) is 48.5 Å². The standard InChI is InChI=1S/C18H16FNO2S/c1-11(12-6-4-3-5-7-12)20-18(21)17-16(22-2)14-10-13(19)8-9-15(14)23-17/h3-11H,1-2H3,(H,20,21). The second-order valence-electron chi connectivity index (χ2n) is 5.21. The van der Waals surface area contributed by atoms with E-state index in [1.54, 1.807) is 6.07 Å². The van der Waals surface area contributed by atoms with E-state index in [4.69, 9.17) is 4.74 Å². The van der Waals surface area contributed by atoms with E-state index in [1.165, 1.54) is 30.6 Å². The molecule has 0 radical (unpaired) electrons. The van der Waals surface area contributed by atoms with Crippen molar-refractivity contribution in [3.8, 4) is 5.75 Å². The number of halogens is 1. The molecule has 1 atom stereocenters. The number of carbonyl (C=O) groups is 1. The van der Waals surface area contributed by atoms with E-state index in [0.29, 0.717) is 16.0 Å². The lowest BCUT2D eigenvalue weighted by atomic mass is 10.1. The zero-order valence-corrected chi connectivity index (χ0v) is 13.6. The highest BCUT2D eigenvalue weighted by molar-refractivity contribution is 7.21. The minimum Gasteiger partial charge on any atom is -0.494 e. The third-order valence-corrected chi connectivity index (χ3v) is 4.81. The molecular weight excluding hydrogens is 313 g/mol. The second kappa shape index (κ2) is 6.38. The molecule has 23 heavy (non-hydrogen) atoms. The van der Waals surface area contributed by atoms with Crippen LogP contribution in [-0.2, 0) is 0 Å². The molecule has 1 heterocycles. The summed E-state index contributed by atoms with van der Waals surface area (Å²) in [7, 11) is 1.49. The summed E-state index contributed by atoms with van der Waals surface area (Å²) in [5.74, 6) is -0.153. The van der Waals surface area contributed by atoms with Gasteiger partial charge in [-0.15, -0.1) is 11.3 Å². The number of thiophene rings is 1. The van der Waals surface area contributed by atoms with Gasteiger partial charge in [0.05, 0.1) is 13.2 Å². The number of rotatable bonds is 4. The summed E-state index contributed by atoms with van der Waals surface area (Å²) in [6, 6.07) is 14.0. The number of fused-ring (bicyclic) bond motifs is 1. The van der Waals surface area contributed by atoms with Crippen LogP contribution in [0, 0.1) is 5.82 Å². The number of amides is 1. The van der Waals surface area contributed by atoms with Crippen molar-refractivity contribution in [2.75, 3.05) is 7.11 Å². The Morgan fingerprint density at radius 3 is 2.65 bits per heavy atom. The Kier molecular flexibility index (Phi) is 4.30. The molecule has 3 rings (SSSR count). The van der Waals surface area contributed by atoms with Gasteiger partial charge in [0.2, 0.25) is 0 Å². The van der Waals surface area contributed by atoms with Gasteiger partial charge in [-0.2, -0.15) is 0 Å². The summed E-state index contributed by atoms with van der Waals surface area (Å²) >= 11 is 1.30. The fourth-order valence-electron chi connectivity index (χ4n) is 2.49. The number of hydrogen-bond acceptors (Lipinski definition) is 3. The summed E-state index contributed by atoms with van der Waals surface area (Å²) in [5, 5.41) is 3.58. The van der Waals surface area contributed by atoms with Crippen LogP contribution < -0.4 is 10.1 Å². The average Bonchev–Trinajstić information content (AvgIpc) is 2.93. The van der Waals surface area contributed by atoms with E-state index in [0.717, 1.165) is 10.3 Å². The maximum atomic E-state index is 13.4. The molecule has 3 nitrogen and oxygen atoms in total. The van der Waals surface area contributed by atoms with Gasteiger partial charge in [0, 0.05) is 10.1 Å². The largest absolute Gasteiger partial charge is 0.494 e. The fraction of sp³-hybridized carbons (Fsp3) is 0.167. The molecular formula is C18H16FNO2S. The highest BCUT2D eigenvalue weighted by Crippen LogP contribution is 2.38. The molecule has 1 unspecified atom stereocenters. The van der Waals surface area contributed by atoms with Crippen LogP contribution in [0.25, 0.3) is 10.1 Å². The third-order valence-electron chi connectivity index (χ3n) is 3.66. The van der Waals surface area contributed by atoms with Crippen LogP contribution in [-0.4, -0.2) is 13.0 Å². The fourth-order valence-corrected chi connectivity index (χ4v) is 3.54. The van der Waals surface area contributed by atoms with Crippen LogP contribution >= 0.6 is 11.3 Å². The number of hydrogen-bond donors (Lipinski definition) is 1. The topological polar surface area (TPSA) is 38.3 Å². The number of ether oxygens (including phenoxy) is 1. The van der Waals surface area contributed by atoms with Gasteiger partial charge in [0.15, 0.2) is 0 Å². The molecule has 3 aromatic rings. The lowest BCUT2D eigenvalue weighted by Crippen LogP contribution is -2.26. The molecule has 0 fully saturated rings. The van der Waals surface area contributed by atoms with Gasteiger partial charge in [-0.3, -0.25) is 4.79 Å². The molecule has 5 heteroatoms. The minimum absolute atomic E-state index is 0.129. The van der Waals surface area contributed by atoms with Gasteiger partial charge in [0.1, 0.15) is 16.4 Å². The van der Waals surface area contributed by atoms with Gasteiger partial charge < -0.3 is 10.1 Å². The predicted molar refractivity (Wildman–Crippen MR) is 90.7 cm³/mol. The highest BCUT2D eigenvalue weighted by atomic mass is 32.1. The van der Waals surface area contributed by atoms with E-state index < -0.39 is 0 Å². The zero-order chi connectivity index (χ0) is 16.4. The van der Waals surface area contributed by atoms with Crippen LogP contribution in [0.5, 0.6) is 5.75 Å². The van der Waals surface area contributed by atoms with Crippen LogP contribution in [0.4, 0.5) is 4.39 Å². The molecule has 0 aliphatic heterocycles. The van der Waals surface area contributed by atoms with Crippen molar-refractivity contribution in [2.24, 2.45) is 0 Å². The first-order valence-electron chi connectivity index (χ1n) is 7.22. The monoisotopic (exact) mass is 329 g/mol. The normalized spacial score (nSPS) is 12.1. The molecule has 0 saturated heterocycles. The molecule has 0 spiro atoms. The SMILES string of the molecule is COc1c(C(=O)NC(C)c2ccccc2)sc2ccc(F)cc12. The van der Waals surface area contributed by atoms with Gasteiger partial charge in [-0.25, -0.2) is 4.39 Å². The Morgan fingerprint density at radius 2 is 1.96 bits per heavy atom. The summed E-state index contributed by atoms with van der Waals surface area (Å²) < 4.78 is 19.6. The minimum atomic E-state index is -0.349. The van der Waals surface area contributed by atoms with Gasteiger partial charge >= 0.3 is 0 Å². The van der Waals surface area contributed by atoms with Crippen molar-refractivity contribution in [3.05, 3.63) is 64.8 Å². The lowest BCUT2D eigenvalue weighted by molar-refractivity contribution is 0.0941. The molecule has 0 aliphatic rings. The summed E-state index contributed by atoms with van der Waals surface area (Å²) in [6.07, 6.45) is 0. The smallest absolute Gasteiger partial charge is 0.265 e. The molecule has 0 saturated carbocycles. The summed E-state index contributed by atoms with van der Waals surface area (Å²) in [4.78, 5) is 13.0. The van der Waals surface area contributed by atoms with Crippen molar-refractivity contribution >= 4 is 27.3 Å². The quantitative estimate of drug-likeness (QED) is 0.763. The zero-order valence-electron chi connectivity index (χ0n) is 12.8. The van der Waals surface area contributed by atoms with Crippen molar-refractivity contribution in [1.82, 2.24) is 5.32 Å². The number of nitrogens with one attached hydrogen (secondary N) is 1. The van der Waals surface area contributed by atoms with Crippen molar-refractivity contribution in [3.63, 3.8) is 0 Å². The van der Waals surface area contributed by atoms with Gasteiger partial charge in [-0.1, -0.05) is 30.3 Å². The average molecular weight is 329 g/mol. The van der Waals surface area contributed by atoms with E-state index in [9.17, 15) is 9.18 Å². The summed E-state index contributed by atoms with van der Waals surface area (Å²) in [5.41, 5.74) is 1.02. The number of carbonyl (C=O) groups excluding carboxylic acids is 1. The first kappa shape index (κ1) is 15.5. The Bertz CT molecular complexity index is 845. The van der Waals surface area contributed by atoms with E-state index in [1.807, 2.05) is 37.3 Å². The molecule has 0 bridgehead atoms. The molecule has 1 aromatic heterocycles. The maximum Gasteiger partial charge on any atom is 0.265 e.